The number of rotatable bonds is 6. The van der Waals surface area contributed by atoms with Gasteiger partial charge in [0.1, 0.15) is 0 Å². The van der Waals surface area contributed by atoms with Crippen molar-refractivity contribution in [1.82, 2.24) is 5.32 Å². The van der Waals surface area contributed by atoms with Crippen LogP contribution >= 0.6 is 0 Å². The number of methoxy groups -OCH3 is 1. The Labute approximate surface area is 123 Å². The SMILES string of the molecule is COCCNCc1ccc(N2CCCCCC2)cc1C. The summed E-state index contributed by atoms with van der Waals surface area (Å²) in [4.78, 5) is 2.54. The second kappa shape index (κ2) is 8.28. The predicted molar refractivity (Wildman–Crippen MR) is 85.4 cm³/mol. The highest BCUT2D eigenvalue weighted by molar-refractivity contribution is 5.51. The minimum absolute atomic E-state index is 0.769. The van der Waals surface area contributed by atoms with Gasteiger partial charge in [0.25, 0.3) is 0 Å². The van der Waals surface area contributed by atoms with E-state index in [0.29, 0.717) is 0 Å². The molecule has 1 N–H and O–H groups in total. The number of anilines is 1. The molecule has 0 atom stereocenters. The number of nitrogens with zero attached hydrogens (tertiary/aromatic N) is 1. The van der Waals surface area contributed by atoms with Gasteiger partial charge in [-0.25, -0.2) is 0 Å². The van der Waals surface area contributed by atoms with Gasteiger partial charge < -0.3 is 15.0 Å². The highest BCUT2D eigenvalue weighted by Gasteiger charge is 2.10. The summed E-state index contributed by atoms with van der Waals surface area (Å²) in [5, 5.41) is 3.41. The van der Waals surface area contributed by atoms with Gasteiger partial charge in [-0.2, -0.15) is 0 Å². The largest absolute Gasteiger partial charge is 0.383 e. The molecule has 1 heterocycles. The lowest BCUT2D eigenvalue weighted by Gasteiger charge is -2.23. The van der Waals surface area contributed by atoms with Crippen LogP contribution in [0, 0.1) is 6.92 Å². The summed E-state index contributed by atoms with van der Waals surface area (Å²) in [6.45, 7) is 7.24. The van der Waals surface area contributed by atoms with Crippen molar-refractivity contribution in [3.63, 3.8) is 0 Å². The Kier molecular flexibility index (Phi) is 6.34. The van der Waals surface area contributed by atoms with Crippen LogP contribution in [0.4, 0.5) is 5.69 Å². The monoisotopic (exact) mass is 276 g/mol. The van der Waals surface area contributed by atoms with Crippen molar-refractivity contribution in [3.05, 3.63) is 29.3 Å². The van der Waals surface area contributed by atoms with Crippen molar-refractivity contribution in [2.24, 2.45) is 0 Å². The Hall–Kier alpha value is -1.06. The van der Waals surface area contributed by atoms with Crippen LogP contribution in [0.1, 0.15) is 36.8 Å². The van der Waals surface area contributed by atoms with Gasteiger partial charge in [-0.05, 0) is 43.0 Å². The summed E-state index contributed by atoms with van der Waals surface area (Å²) >= 11 is 0. The lowest BCUT2D eigenvalue weighted by atomic mass is 10.1. The zero-order chi connectivity index (χ0) is 14.2. The van der Waals surface area contributed by atoms with Crippen LogP contribution in [-0.2, 0) is 11.3 Å². The fourth-order valence-electron chi connectivity index (χ4n) is 2.80. The maximum Gasteiger partial charge on any atom is 0.0587 e. The Morgan fingerprint density at radius 1 is 1.15 bits per heavy atom. The third-order valence-electron chi connectivity index (χ3n) is 4.10. The molecular weight excluding hydrogens is 248 g/mol. The van der Waals surface area contributed by atoms with Gasteiger partial charge in [-0.15, -0.1) is 0 Å². The summed E-state index contributed by atoms with van der Waals surface area (Å²) in [6, 6.07) is 6.90. The molecule has 20 heavy (non-hydrogen) atoms. The number of hydrogen-bond acceptors (Lipinski definition) is 3. The van der Waals surface area contributed by atoms with E-state index in [-0.39, 0.29) is 0 Å². The smallest absolute Gasteiger partial charge is 0.0587 e. The number of nitrogens with one attached hydrogen (secondary N) is 1. The van der Waals surface area contributed by atoms with Crippen LogP contribution in [0.15, 0.2) is 18.2 Å². The van der Waals surface area contributed by atoms with Crippen molar-refractivity contribution in [3.8, 4) is 0 Å². The summed E-state index contributed by atoms with van der Waals surface area (Å²) in [7, 11) is 1.74. The fourth-order valence-corrected chi connectivity index (χ4v) is 2.80. The molecule has 2 rings (SSSR count). The Bertz CT molecular complexity index is 398. The van der Waals surface area contributed by atoms with Crippen molar-refractivity contribution in [1.29, 1.82) is 0 Å². The maximum atomic E-state index is 5.05. The molecule has 1 aromatic carbocycles. The molecule has 0 aliphatic carbocycles. The Balaban J connectivity index is 1.94. The average molecular weight is 276 g/mol. The van der Waals surface area contributed by atoms with Gasteiger partial charge in [0.15, 0.2) is 0 Å². The van der Waals surface area contributed by atoms with Crippen LogP contribution in [0.25, 0.3) is 0 Å². The molecule has 1 aliphatic rings. The predicted octanol–water partition coefficient (Wildman–Crippen LogP) is 3.11. The molecular formula is C17H28N2O. The van der Waals surface area contributed by atoms with Gasteiger partial charge in [0.05, 0.1) is 6.61 Å². The minimum atomic E-state index is 0.769. The lowest BCUT2D eigenvalue weighted by Crippen LogP contribution is -2.24. The fraction of sp³-hybridized carbons (Fsp3) is 0.647. The van der Waals surface area contributed by atoms with Crippen LogP contribution in [0.5, 0.6) is 0 Å². The summed E-state index contributed by atoms with van der Waals surface area (Å²) in [5.74, 6) is 0. The molecule has 0 radical (unpaired) electrons. The highest BCUT2D eigenvalue weighted by Crippen LogP contribution is 2.22. The topological polar surface area (TPSA) is 24.5 Å². The first-order valence-corrected chi connectivity index (χ1v) is 7.85. The Morgan fingerprint density at radius 3 is 2.55 bits per heavy atom. The molecule has 1 aliphatic heterocycles. The average Bonchev–Trinajstić information content (AvgIpc) is 2.74. The van der Waals surface area contributed by atoms with E-state index in [2.05, 4.69) is 35.3 Å². The normalized spacial score (nSPS) is 16.2. The molecule has 0 unspecified atom stereocenters. The summed E-state index contributed by atoms with van der Waals surface area (Å²) in [6.07, 6.45) is 5.44. The molecule has 1 aromatic rings. The van der Waals surface area contributed by atoms with Gasteiger partial charge >= 0.3 is 0 Å². The molecule has 112 valence electrons. The molecule has 0 bridgehead atoms. The number of ether oxygens (including phenoxy) is 1. The van der Waals surface area contributed by atoms with E-state index in [9.17, 15) is 0 Å². The second-order valence-corrected chi connectivity index (χ2v) is 5.68. The van der Waals surface area contributed by atoms with E-state index in [0.717, 1.165) is 19.7 Å². The van der Waals surface area contributed by atoms with E-state index in [1.807, 2.05) is 0 Å². The van der Waals surface area contributed by atoms with E-state index in [1.54, 1.807) is 7.11 Å². The molecule has 1 saturated heterocycles. The van der Waals surface area contributed by atoms with Crippen LogP contribution < -0.4 is 10.2 Å². The van der Waals surface area contributed by atoms with Crippen LogP contribution in [-0.4, -0.2) is 33.4 Å². The highest BCUT2D eigenvalue weighted by atomic mass is 16.5. The van der Waals surface area contributed by atoms with Crippen molar-refractivity contribution in [2.45, 2.75) is 39.2 Å². The molecule has 0 amide bonds. The maximum absolute atomic E-state index is 5.05. The van der Waals surface area contributed by atoms with Gasteiger partial charge in [-0.1, -0.05) is 18.9 Å². The second-order valence-electron chi connectivity index (χ2n) is 5.68. The number of aryl methyl sites for hydroxylation is 1. The van der Waals surface area contributed by atoms with Crippen LogP contribution in [0.2, 0.25) is 0 Å². The Morgan fingerprint density at radius 2 is 1.90 bits per heavy atom. The number of hydrogen-bond donors (Lipinski definition) is 1. The third-order valence-corrected chi connectivity index (χ3v) is 4.10. The molecule has 0 aromatic heterocycles. The van der Waals surface area contributed by atoms with Crippen LogP contribution in [0.3, 0.4) is 0 Å². The van der Waals surface area contributed by atoms with Crippen molar-refractivity contribution in [2.75, 3.05) is 38.3 Å². The van der Waals surface area contributed by atoms with Crippen molar-refractivity contribution >= 4 is 5.69 Å². The molecule has 1 fully saturated rings. The number of benzene rings is 1. The first kappa shape index (κ1) is 15.3. The zero-order valence-corrected chi connectivity index (χ0v) is 13.0. The minimum Gasteiger partial charge on any atom is -0.383 e. The van der Waals surface area contributed by atoms with E-state index < -0.39 is 0 Å². The molecule has 0 saturated carbocycles. The molecule has 3 nitrogen and oxygen atoms in total. The molecule has 3 heteroatoms. The summed E-state index contributed by atoms with van der Waals surface area (Å²) in [5.41, 5.74) is 4.17. The van der Waals surface area contributed by atoms with Crippen molar-refractivity contribution < 1.29 is 4.74 Å². The van der Waals surface area contributed by atoms with E-state index >= 15 is 0 Å². The first-order valence-electron chi connectivity index (χ1n) is 7.85. The third kappa shape index (κ3) is 4.50. The van der Waals surface area contributed by atoms with Gasteiger partial charge in [-0.3, -0.25) is 0 Å². The van der Waals surface area contributed by atoms with Gasteiger partial charge in [0, 0.05) is 39.0 Å². The van der Waals surface area contributed by atoms with Gasteiger partial charge in [0.2, 0.25) is 0 Å². The first-order chi connectivity index (χ1) is 9.81. The standard InChI is InChI=1S/C17H28N2O/c1-15-13-17(19-10-5-3-4-6-11-19)8-7-16(15)14-18-9-12-20-2/h7-8,13,18H,3-6,9-12,14H2,1-2H3. The summed E-state index contributed by atoms with van der Waals surface area (Å²) < 4.78 is 5.05. The van der Waals surface area contributed by atoms with E-state index in [4.69, 9.17) is 4.74 Å². The van der Waals surface area contributed by atoms with E-state index in [1.165, 1.54) is 55.6 Å². The quantitative estimate of drug-likeness (QED) is 0.808. The zero-order valence-electron chi connectivity index (χ0n) is 13.0. The molecule has 0 spiro atoms. The lowest BCUT2D eigenvalue weighted by molar-refractivity contribution is 0.199.